The second kappa shape index (κ2) is 17.0. The summed E-state index contributed by atoms with van der Waals surface area (Å²) in [7, 11) is 0. The van der Waals surface area contributed by atoms with E-state index in [1.54, 1.807) is 0 Å². The lowest BCUT2D eigenvalue weighted by atomic mass is 10.3. The highest BCUT2D eigenvalue weighted by Crippen LogP contribution is 2.08. The molecule has 40 heavy (non-hydrogen) atoms. The standard InChI is InChI=1S/C11H10N2O4.C6H6FNO2.C5H4FNO2.C2H4F2/c14-8-2-3-9(15)12(8)6-1-7-13-10(16)4-5-11(13)17;7-3-4-8-5(9)1-2-6(8)10;6-3-7-4(8)1-2-5(7)9;3-1-2-4/h2-5H,1,6-7H2;1-2H,3-4H2;1-2H,3H2;1-2H2. The first kappa shape index (κ1) is 33.3. The molecule has 4 rings (SSSR count). The van der Waals surface area contributed by atoms with Crippen molar-refractivity contribution in [1.82, 2.24) is 19.6 Å². The molecule has 0 atom stereocenters. The summed E-state index contributed by atoms with van der Waals surface area (Å²) in [5.41, 5.74) is 0. The zero-order chi connectivity index (χ0) is 30.2. The number of hydrogen-bond acceptors (Lipinski definition) is 8. The molecule has 0 saturated heterocycles. The molecule has 16 heteroatoms. The summed E-state index contributed by atoms with van der Waals surface area (Å²) in [5, 5.41) is 0. The molecular formula is C24H24F4N4O8. The van der Waals surface area contributed by atoms with Crippen molar-refractivity contribution in [2.45, 2.75) is 6.42 Å². The number of halogens is 4. The number of nitrogens with zero attached hydrogens (tertiary/aromatic N) is 4. The van der Waals surface area contributed by atoms with Crippen LogP contribution in [0.25, 0.3) is 0 Å². The van der Waals surface area contributed by atoms with Gasteiger partial charge in [0.1, 0.15) is 20.0 Å². The molecule has 0 fully saturated rings. The number of imide groups is 4. The molecule has 4 heterocycles. The van der Waals surface area contributed by atoms with E-state index in [0.717, 1.165) is 39.0 Å². The average molecular weight is 572 g/mol. The lowest BCUT2D eigenvalue weighted by molar-refractivity contribution is -0.140. The summed E-state index contributed by atoms with van der Waals surface area (Å²) in [6.45, 7) is -3.13. The Hall–Kier alpha value is -4.76. The molecule has 4 aliphatic heterocycles. The highest BCUT2D eigenvalue weighted by molar-refractivity contribution is 6.14. The third-order valence-electron chi connectivity index (χ3n) is 4.86. The Labute approximate surface area is 224 Å². The van der Waals surface area contributed by atoms with Crippen molar-refractivity contribution in [3.63, 3.8) is 0 Å². The lowest BCUT2D eigenvalue weighted by Crippen LogP contribution is -2.36. The Bertz CT molecular complexity index is 1040. The Morgan fingerprint density at radius 2 is 0.625 bits per heavy atom. The van der Waals surface area contributed by atoms with Gasteiger partial charge >= 0.3 is 0 Å². The lowest BCUT2D eigenvalue weighted by Gasteiger charge is -2.17. The summed E-state index contributed by atoms with van der Waals surface area (Å²) in [6, 6.07) is 0. The zero-order valence-corrected chi connectivity index (χ0v) is 20.8. The smallest absolute Gasteiger partial charge is 0.255 e. The maximum atomic E-state index is 11.6. The SMILES string of the molecule is FCCF.O=C1C=CC(=O)N1CCCN1C(=O)C=CC1=O.O=C1C=CC(=O)N1CCF.O=C1C=CC(=O)N1CF. The second-order valence-corrected chi connectivity index (χ2v) is 7.46. The van der Waals surface area contributed by atoms with Gasteiger partial charge in [-0.1, -0.05) is 0 Å². The van der Waals surface area contributed by atoms with Crippen LogP contribution in [-0.2, 0) is 38.4 Å². The summed E-state index contributed by atoms with van der Waals surface area (Å²) in [5.74, 6) is -3.44. The van der Waals surface area contributed by atoms with Crippen molar-refractivity contribution < 1.29 is 55.9 Å². The van der Waals surface area contributed by atoms with Gasteiger partial charge in [0, 0.05) is 61.7 Å². The fourth-order valence-electron chi connectivity index (χ4n) is 2.97. The predicted molar refractivity (Wildman–Crippen MR) is 127 cm³/mol. The first-order valence-electron chi connectivity index (χ1n) is 11.4. The quantitative estimate of drug-likeness (QED) is 0.222. The van der Waals surface area contributed by atoms with E-state index in [0.29, 0.717) is 11.3 Å². The number of hydrogen-bond donors (Lipinski definition) is 0. The molecule has 4 aliphatic rings. The monoisotopic (exact) mass is 572 g/mol. The van der Waals surface area contributed by atoms with Crippen molar-refractivity contribution >= 4 is 47.3 Å². The molecule has 8 amide bonds. The van der Waals surface area contributed by atoms with E-state index in [1.807, 2.05) is 0 Å². The van der Waals surface area contributed by atoms with Crippen LogP contribution in [0.1, 0.15) is 6.42 Å². The minimum Gasteiger partial charge on any atom is -0.275 e. The summed E-state index contributed by atoms with van der Waals surface area (Å²) >= 11 is 0. The van der Waals surface area contributed by atoms with Crippen LogP contribution >= 0.6 is 0 Å². The molecule has 12 nitrogen and oxygen atoms in total. The predicted octanol–water partition coefficient (Wildman–Crippen LogP) is -0.129. The Kier molecular flexibility index (Phi) is 14.1. The van der Waals surface area contributed by atoms with Gasteiger partial charge in [-0.05, 0) is 6.42 Å². The van der Waals surface area contributed by atoms with Gasteiger partial charge < -0.3 is 0 Å². The Morgan fingerprint density at radius 3 is 0.825 bits per heavy atom. The average Bonchev–Trinajstić information content (AvgIpc) is 3.65. The van der Waals surface area contributed by atoms with Gasteiger partial charge in [-0.15, -0.1) is 0 Å². The van der Waals surface area contributed by atoms with E-state index in [9.17, 15) is 55.9 Å². The van der Waals surface area contributed by atoms with Crippen molar-refractivity contribution in [3.8, 4) is 0 Å². The molecule has 0 radical (unpaired) electrons. The maximum Gasteiger partial charge on any atom is 0.255 e. The molecule has 0 aromatic heterocycles. The third kappa shape index (κ3) is 9.85. The highest BCUT2D eigenvalue weighted by Gasteiger charge is 2.26. The molecule has 0 spiro atoms. The van der Waals surface area contributed by atoms with Crippen LogP contribution in [0.4, 0.5) is 17.6 Å². The van der Waals surface area contributed by atoms with E-state index < -0.39 is 50.5 Å². The molecule has 0 saturated carbocycles. The molecule has 0 unspecified atom stereocenters. The summed E-state index contributed by atoms with van der Waals surface area (Å²) in [4.78, 5) is 90.4. The first-order chi connectivity index (χ1) is 19.0. The normalized spacial score (nSPS) is 17.1. The molecule has 0 N–H and O–H groups in total. The van der Waals surface area contributed by atoms with Crippen LogP contribution in [-0.4, -0.2) is 113 Å². The number of carbonyl (C=O) groups excluding carboxylic acids is 8. The van der Waals surface area contributed by atoms with Crippen LogP contribution < -0.4 is 0 Å². The second-order valence-electron chi connectivity index (χ2n) is 7.46. The van der Waals surface area contributed by atoms with Crippen LogP contribution in [0.3, 0.4) is 0 Å². The van der Waals surface area contributed by atoms with Crippen LogP contribution in [0.5, 0.6) is 0 Å². The maximum absolute atomic E-state index is 11.6. The van der Waals surface area contributed by atoms with Crippen molar-refractivity contribution in [3.05, 3.63) is 48.6 Å². The van der Waals surface area contributed by atoms with E-state index >= 15 is 0 Å². The van der Waals surface area contributed by atoms with Crippen molar-refractivity contribution in [2.75, 3.05) is 46.5 Å². The van der Waals surface area contributed by atoms with Crippen LogP contribution in [0.2, 0.25) is 0 Å². The topological polar surface area (TPSA) is 150 Å². The van der Waals surface area contributed by atoms with Gasteiger partial charge in [-0.25, -0.2) is 22.5 Å². The zero-order valence-electron chi connectivity index (χ0n) is 20.8. The van der Waals surface area contributed by atoms with Gasteiger partial charge in [0.25, 0.3) is 47.3 Å². The minimum atomic E-state index is -1.04. The van der Waals surface area contributed by atoms with Gasteiger partial charge in [0.2, 0.25) is 0 Å². The number of amides is 8. The van der Waals surface area contributed by atoms with E-state index in [2.05, 4.69) is 0 Å². The fourth-order valence-corrected chi connectivity index (χ4v) is 2.97. The molecular weight excluding hydrogens is 548 g/mol. The molecule has 0 bridgehead atoms. The largest absolute Gasteiger partial charge is 0.275 e. The van der Waals surface area contributed by atoms with Gasteiger partial charge in [0.05, 0.1) is 6.54 Å². The van der Waals surface area contributed by atoms with Crippen molar-refractivity contribution in [1.29, 1.82) is 0 Å². The van der Waals surface area contributed by atoms with Gasteiger partial charge in [-0.2, -0.15) is 0 Å². The van der Waals surface area contributed by atoms with E-state index in [-0.39, 0.29) is 43.3 Å². The Morgan fingerprint density at radius 1 is 0.375 bits per heavy atom. The van der Waals surface area contributed by atoms with E-state index in [4.69, 9.17) is 0 Å². The molecule has 0 aromatic rings. The third-order valence-corrected chi connectivity index (χ3v) is 4.86. The molecule has 216 valence electrons. The molecule has 0 aliphatic carbocycles. The number of rotatable bonds is 8. The van der Waals surface area contributed by atoms with Gasteiger partial charge in [0.15, 0.2) is 6.80 Å². The fraction of sp³-hybridized carbons (Fsp3) is 0.333. The van der Waals surface area contributed by atoms with Crippen molar-refractivity contribution in [2.24, 2.45) is 0 Å². The Balaban J connectivity index is 0.000000298. The minimum absolute atomic E-state index is 0.134. The summed E-state index contributed by atoms with van der Waals surface area (Å²) in [6.07, 6.45) is 9.57. The number of carbonyl (C=O) groups is 8. The van der Waals surface area contributed by atoms with Crippen LogP contribution in [0, 0.1) is 0 Å². The van der Waals surface area contributed by atoms with E-state index in [1.165, 1.54) is 24.3 Å². The summed E-state index contributed by atoms with van der Waals surface area (Å²) < 4.78 is 44.0. The molecule has 0 aromatic carbocycles. The van der Waals surface area contributed by atoms with Gasteiger partial charge in [-0.3, -0.25) is 53.1 Å². The highest BCUT2D eigenvalue weighted by atomic mass is 19.2. The number of alkyl halides is 4. The van der Waals surface area contributed by atoms with Crippen LogP contribution in [0.15, 0.2) is 48.6 Å². The first-order valence-corrected chi connectivity index (χ1v) is 11.4.